The summed E-state index contributed by atoms with van der Waals surface area (Å²) in [6.07, 6.45) is 3.11. The fraction of sp³-hybridized carbons (Fsp3) is 0.400. The number of nitrogens with one attached hydrogen (secondary N) is 1. The lowest BCUT2D eigenvalue weighted by Crippen LogP contribution is -2.40. The van der Waals surface area contributed by atoms with Gasteiger partial charge >= 0.3 is 5.97 Å². The zero-order valence-electron chi connectivity index (χ0n) is 14.9. The van der Waals surface area contributed by atoms with Crippen molar-refractivity contribution in [1.82, 2.24) is 10.2 Å². The van der Waals surface area contributed by atoms with Crippen LogP contribution in [0.3, 0.4) is 0 Å². The molecule has 26 heavy (non-hydrogen) atoms. The van der Waals surface area contributed by atoms with Gasteiger partial charge in [-0.2, -0.15) is 0 Å². The predicted octanol–water partition coefficient (Wildman–Crippen LogP) is 2.59. The van der Waals surface area contributed by atoms with Crippen molar-refractivity contribution >= 4 is 11.9 Å². The molecule has 2 heterocycles. The number of nitrogens with zero attached hydrogens (tertiary/aromatic N) is 1. The lowest BCUT2D eigenvalue weighted by Gasteiger charge is -2.30. The van der Waals surface area contributed by atoms with Gasteiger partial charge in [0.05, 0.1) is 19.9 Å². The number of piperidine rings is 1. The molecule has 1 aromatic heterocycles. The molecule has 1 aliphatic rings. The Morgan fingerprint density at radius 3 is 2.62 bits per heavy atom. The molecule has 1 N–H and O–H groups in total. The van der Waals surface area contributed by atoms with Crippen molar-refractivity contribution < 1.29 is 18.7 Å². The first-order chi connectivity index (χ1) is 12.7. The number of hydrogen-bond donors (Lipinski definition) is 1. The molecule has 0 atom stereocenters. The monoisotopic (exact) mass is 356 g/mol. The summed E-state index contributed by atoms with van der Waals surface area (Å²) in [5, 5.41) is 3.02. The van der Waals surface area contributed by atoms with Gasteiger partial charge in [-0.15, -0.1) is 0 Å². The Morgan fingerprint density at radius 1 is 1.19 bits per heavy atom. The minimum atomic E-state index is -0.385. The summed E-state index contributed by atoms with van der Waals surface area (Å²) in [5.41, 5.74) is 1.57. The molecule has 0 aliphatic carbocycles. The molecule has 1 amide bonds. The smallest absolute Gasteiger partial charge is 0.341 e. The minimum Gasteiger partial charge on any atom is -0.467 e. The molecule has 138 valence electrons. The molecular weight excluding hydrogens is 332 g/mol. The van der Waals surface area contributed by atoms with Crippen molar-refractivity contribution in [2.75, 3.05) is 20.2 Å². The molecule has 0 radical (unpaired) electrons. The first kappa shape index (κ1) is 18.2. The number of amides is 1. The Morgan fingerprint density at radius 2 is 1.92 bits per heavy atom. The Hall–Kier alpha value is -2.60. The third kappa shape index (κ3) is 4.52. The summed E-state index contributed by atoms with van der Waals surface area (Å²) >= 11 is 0. The Bertz CT molecular complexity index is 733. The molecule has 2 aromatic rings. The highest BCUT2D eigenvalue weighted by Gasteiger charge is 2.26. The van der Waals surface area contributed by atoms with Crippen molar-refractivity contribution in [1.29, 1.82) is 0 Å². The molecule has 0 saturated carbocycles. The summed E-state index contributed by atoms with van der Waals surface area (Å²) in [5.74, 6) is 0.376. The summed E-state index contributed by atoms with van der Waals surface area (Å²) in [7, 11) is 1.36. The van der Waals surface area contributed by atoms with E-state index < -0.39 is 0 Å². The SMILES string of the molecule is COC(=O)c1ccoc1CN1CCC(C(=O)NCc2ccccc2)CC1. The fourth-order valence-corrected chi connectivity index (χ4v) is 3.24. The second-order valence-electron chi connectivity index (χ2n) is 6.50. The normalized spacial score (nSPS) is 15.6. The molecule has 6 heteroatoms. The van der Waals surface area contributed by atoms with Crippen LogP contribution in [0.1, 0.15) is 34.5 Å². The van der Waals surface area contributed by atoms with E-state index in [1.165, 1.54) is 13.4 Å². The van der Waals surface area contributed by atoms with E-state index in [0.29, 0.717) is 24.4 Å². The van der Waals surface area contributed by atoms with Gasteiger partial charge in [0.15, 0.2) is 0 Å². The van der Waals surface area contributed by atoms with Gasteiger partial charge in [-0.25, -0.2) is 4.79 Å². The van der Waals surface area contributed by atoms with E-state index in [1.807, 2.05) is 30.3 Å². The van der Waals surface area contributed by atoms with E-state index in [9.17, 15) is 9.59 Å². The van der Waals surface area contributed by atoms with Crippen LogP contribution in [-0.4, -0.2) is 37.0 Å². The number of benzene rings is 1. The van der Waals surface area contributed by atoms with Gasteiger partial charge < -0.3 is 14.5 Å². The standard InChI is InChI=1S/C20H24N2O4/c1-25-20(24)17-9-12-26-18(17)14-22-10-7-16(8-11-22)19(23)21-13-15-5-3-2-4-6-15/h2-6,9,12,16H,7-8,10-11,13-14H2,1H3,(H,21,23). The molecule has 1 aliphatic heterocycles. The van der Waals surface area contributed by atoms with Gasteiger partial charge in [-0.3, -0.25) is 9.69 Å². The molecule has 3 rings (SSSR count). The Balaban J connectivity index is 1.46. The van der Waals surface area contributed by atoms with Crippen LogP contribution >= 0.6 is 0 Å². The topological polar surface area (TPSA) is 71.8 Å². The summed E-state index contributed by atoms with van der Waals surface area (Å²) in [4.78, 5) is 26.3. The van der Waals surface area contributed by atoms with Crippen LogP contribution in [0.15, 0.2) is 47.1 Å². The van der Waals surface area contributed by atoms with Gasteiger partial charge in [0.2, 0.25) is 5.91 Å². The third-order valence-electron chi connectivity index (χ3n) is 4.79. The van der Waals surface area contributed by atoms with Crippen LogP contribution in [0.5, 0.6) is 0 Å². The maximum Gasteiger partial charge on any atom is 0.341 e. The van der Waals surface area contributed by atoms with Crippen molar-refractivity contribution in [2.45, 2.75) is 25.9 Å². The number of carbonyl (C=O) groups excluding carboxylic acids is 2. The summed E-state index contributed by atoms with van der Waals surface area (Å²) in [6.45, 7) is 2.71. The van der Waals surface area contributed by atoms with Gasteiger partial charge in [0, 0.05) is 12.5 Å². The minimum absolute atomic E-state index is 0.0339. The van der Waals surface area contributed by atoms with E-state index in [-0.39, 0.29) is 17.8 Å². The highest BCUT2D eigenvalue weighted by atomic mass is 16.5. The highest BCUT2D eigenvalue weighted by Crippen LogP contribution is 2.21. The van der Waals surface area contributed by atoms with Crippen molar-refractivity contribution in [3.05, 3.63) is 59.5 Å². The number of carbonyl (C=O) groups is 2. The number of furan rings is 1. The quantitative estimate of drug-likeness (QED) is 0.806. The fourth-order valence-electron chi connectivity index (χ4n) is 3.24. The molecule has 0 unspecified atom stereocenters. The van der Waals surface area contributed by atoms with Crippen LogP contribution < -0.4 is 5.32 Å². The maximum absolute atomic E-state index is 12.4. The molecule has 0 bridgehead atoms. The number of likely N-dealkylation sites (tertiary alicyclic amines) is 1. The average molecular weight is 356 g/mol. The lowest BCUT2D eigenvalue weighted by atomic mass is 9.95. The van der Waals surface area contributed by atoms with Crippen LogP contribution in [0.2, 0.25) is 0 Å². The van der Waals surface area contributed by atoms with E-state index in [4.69, 9.17) is 9.15 Å². The van der Waals surface area contributed by atoms with Gasteiger partial charge in [0.1, 0.15) is 11.3 Å². The zero-order valence-corrected chi connectivity index (χ0v) is 14.9. The number of ether oxygens (including phenoxy) is 1. The molecule has 1 aromatic carbocycles. The summed E-state index contributed by atoms with van der Waals surface area (Å²) < 4.78 is 10.2. The van der Waals surface area contributed by atoms with Crippen LogP contribution in [0, 0.1) is 5.92 Å². The van der Waals surface area contributed by atoms with Crippen LogP contribution in [0.25, 0.3) is 0 Å². The number of esters is 1. The Kier molecular flexibility index (Phi) is 6.07. The molecule has 6 nitrogen and oxygen atoms in total. The molecule has 0 spiro atoms. The number of methoxy groups -OCH3 is 1. The molecule has 1 fully saturated rings. The van der Waals surface area contributed by atoms with E-state index in [1.54, 1.807) is 6.07 Å². The van der Waals surface area contributed by atoms with Crippen molar-refractivity contribution in [2.24, 2.45) is 5.92 Å². The highest BCUT2D eigenvalue weighted by molar-refractivity contribution is 5.90. The maximum atomic E-state index is 12.4. The van der Waals surface area contributed by atoms with Crippen molar-refractivity contribution in [3.63, 3.8) is 0 Å². The predicted molar refractivity (Wildman–Crippen MR) is 96.3 cm³/mol. The van der Waals surface area contributed by atoms with Gasteiger partial charge in [-0.1, -0.05) is 30.3 Å². The average Bonchev–Trinajstić information content (AvgIpc) is 3.15. The van der Waals surface area contributed by atoms with E-state index in [2.05, 4.69) is 10.2 Å². The third-order valence-corrected chi connectivity index (χ3v) is 4.79. The van der Waals surface area contributed by atoms with Crippen molar-refractivity contribution in [3.8, 4) is 0 Å². The number of rotatable bonds is 6. The lowest BCUT2D eigenvalue weighted by molar-refractivity contribution is -0.126. The van der Waals surface area contributed by atoms with Crippen LogP contribution in [0.4, 0.5) is 0 Å². The van der Waals surface area contributed by atoms with Gasteiger partial charge in [-0.05, 0) is 37.6 Å². The first-order valence-electron chi connectivity index (χ1n) is 8.86. The van der Waals surface area contributed by atoms with Crippen LogP contribution in [-0.2, 0) is 22.6 Å². The first-order valence-corrected chi connectivity index (χ1v) is 8.86. The number of hydrogen-bond acceptors (Lipinski definition) is 5. The van der Waals surface area contributed by atoms with E-state index >= 15 is 0 Å². The molecular formula is C20H24N2O4. The molecule has 1 saturated heterocycles. The summed E-state index contributed by atoms with van der Waals surface area (Å²) in [6, 6.07) is 11.5. The van der Waals surface area contributed by atoms with Gasteiger partial charge in [0.25, 0.3) is 0 Å². The zero-order chi connectivity index (χ0) is 18.4. The largest absolute Gasteiger partial charge is 0.467 e. The van der Waals surface area contributed by atoms with E-state index in [0.717, 1.165) is 31.5 Å². The second-order valence-corrected chi connectivity index (χ2v) is 6.50. The second kappa shape index (κ2) is 8.67. The Labute approximate surface area is 153 Å².